The highest BCUT2D eigenvalue weighted by Gasteiger charge is 2.30. The molecule has 1 aromatic rings. The van der Waals surface area contributed by atoms with Crippen LogP contribution in [0.5, 0.6) is 0 Å². The fourth-order valence-corrected chi connectivity index (χ4v) is 3.18. The highest BCUT2D eigenvalue weighted by atomic mass is 35.5. The van der Waals surface area contributed by atoms with E-state index in [0.29, 0.717) is 18.7 Å². The molecule has 20 heavy (non-hydrogen) atoms. The lowest BCUT2D eigenvalue weighted by molar-refractivity contribution is -0.123. The summed E-state index contributed by atoms with van der Waals surface area (Å²) in [7, 11) is 0. The van der Waals surface area contributed by atoms with Gasteiger partial charge in [0, 0.05) is 31.7 Å². The van der Waals surface area contributed by atoms with Crippen LogP contribution in [0.15, 0.2) is 6.07 Å². The number of primary amides is 1. The van der Waals surface area contributed by atoms with Gasteiger partial charge in [-0.15, -0.1) is 0 Å². The van der Waals surface area contributed by atoms with Crippen LogP contribution in [0.25, 0.3) is 0 Å². The molecule has 0 aliphatic carbocycles. The number of benzene rings is 1. The molecule has 1 heterocycles. The molecule has 1 aliphatic rings. The van der Waals surface area contributed by atoms with Crippen LogP contribution in [-0.2, 0) is 4.79 Å². The van der Waals surface area contributed by atoms with Gasteiger partial charge in [-0.1, -0.05) is 46.4 Å². The SMILES string of the molecule is NC(=O)C(c1cc(Cl)c(Cl)c(Cl)c1Cl)N1CCNCC1. The second-order valence-corrected chi connectivity index (χ2v) is 6.02. The summed E-state index contributed by atoms with van der Waals surface area (Å²) in [5.41, 5.74) is 6.01. The Labute approximate surface area is 137 Å². The lowest BCUT2D eigenvalue weighted by Gasteiger charge is -2.33. The molecule has 0 radical (unpaired) electrons. The summed E-state index contributed by atoms with van der Waals surface area (Å²) >= 11 is 24.2. The van der Waals surface area contributed by atoms with Gasteiger partial charge in [-0.2, -0.15) is 0 Å². The summed E-state index contributed by atoms with van der Waals surface area (Å²) in [5, 5.41) is 3.97. The number of halogens is 4. The van der Waals surface area contributed by atoms with Crippen molar-refractivity contribution >= 4 is 52.3 Å². The Morgan fingerprint density at radius 2 is 1.75 bits per heavy atom. The fraction of sp³-hybridized carbons (Fsp3) is 0.417. The number of nitrogens with one attached hydrogen (secondary N) is 1. The van der Waals surface area contributed by atoms with Crippen molar-refractivity contribution in [2.45, 2.75) is 6.04 Å². The van der Waals surface area contributed by atoms with E-state index < -0.39 is 11.9 Å². The number of piperazine rings is 1. The van der Waals surface area contributed by atoms with E-state index in [9.17, 15) is 4.79 Å². The molecule has 1 aromatic carbocycles. The summed E-state index contributed by atoms with van der Waals surface area (Å²) in [6, 6.07) is 0.882. The Hall–Kier alpha value is -0.230. The van der Waals surface area contributed by atoms with Crippen molar-refractivity contribution in [1.29, 1.82) is 0 Å². The van der Waals surface area contributed by atoms with E-state index in [0.717, 1.165) is 13.1 Å². The zero-order valence-electron chi connectivity index (χ0n) is 10.4. The molecular formula is C12H13Cl4N3O. The van der Waals surface area contributed by atoms with Gasteiger partial charge in [0.25, 0.3) is 0 Å². The number of hydrogen-bond acceptors (Lipinski definition) is 3. The third kappa shape index (κ3) is 3.16. The quantitative estimate of drug-likeness (QED) is 0.646. The largest absolute Gasteiger partial charge is 0.368 e. The van der Waals surface area contributed by atoms with Gasteiger partial charge in [0.05, 0.1) is 20.1 Å². The standard InChI is InChI=1S/C12H13Cl4N3O/c13-7-5-6(8(14)10(16)9(7)15)11(12(17)20)19-3-1-18-2-4-19/h5,11,18H,1-4H2,(H2,17,20). The van der Waals surface area contributed by atoms with Gasteiger partial charge in [0.1, 0.15) is 6.04 Å². The molecule has 1 amide bonds. The number of amides is 1. The third-order valence-corrected chi connectivity index (χ3v) is 4.98. The van der Waals surface area contributed by atoms with Gasteiger partial charge < -0.3 is 11.1 Å². The molecule has 0 spiro atoms. The molecule has 3 N–H and O–H groups in total. The maximum Gasteiger partial charge on any atom is 0.239 e. The minimum Gasteiger partial charge on any atom is -0.368 e. The summed E-state index contributed by atoms with van der Waals surface area (Å²) in [6.07, 6.45) is 0. The molecule has 1 saturated heterocycles. The second-order valence-electron chi connectivity index (χ2n) is 4.48. The number of carbonyl (C=O) groups excluding carboxylic acids is 1. The van der Waals surface area contributed by atoms with Crippen LogP contribution in [0.2, 0.25) is 20.1 Å². The summed E-state index contributed by atoms with van der Waals surface area (Å²) in [6.45, 7) is 2.91. The van der Waals surface area contributed by atoms with E-state index in [1.54, 1.807) is 6.07 Å². The molecule has 110 valence electrons. The van der Waals surface area contributed by atoms with Crippen molar-refractivity contribution < 1.29 is 4.79 Å². The van der Waals surface area contributed by atoms with Crippen LogP contribution in [0.3, 0.4) is 0 Å². The van der Waals surface area contributed by atoms with Crippen molar-refractivity contribution in [1.82, 2.24) is 10.2 Å². The smallest absolute Gasteiger partial charge is 0.239 e. The average Bonchev–Trinajstić information content (AvgIpc) is 2.43. The summed E-state index contributed by atoms with van der Waals surface area (Å²) in [4.78, 5) is 13.8. The highest BCUT2D eigenvalue weighted by molar-refractivity contribution is 6.52. The van der Waals surface area contributed by atoms with E-state index >= 15 is 0 Å². The molecule has 0 saturated carbocycles. The lowest BCUT2D eigenvalue weighted by atomic mass is 10.0. The van der Waals surface area contributed by atoms with Gasteiger partial charge in [0.15, 0.2) is 0 Å². The highest BCUT2D eigenvalue weighted by Crippen LogP contribution is 2.41. The van der Waals surface area contributed by atoms with Crippen LogP contribution >= 0.6 is 46.4 Å². The van der Waals surface area contributed by atoms with Gasteiger partial charge in [-0.3, -0.25) is 9.69 Å². The predicted octanol–water partition coefficient (Wildman–Crippen LogP) is 2.73. The topological polar surface area (TPSA) is 58.4 Å². The van der Waals surface area contributed by atoms with Gasteiger partial charge in [-0.05, 0) is 6.07 Å². The number of carbonyl (C=O) groups is 1. The van der Waals surface area contributed by atoms with E-state index in [1.807, 2.05) is 4.90 Å². The Morgan fingerprint density at radius 1 is 1.15 bits per heavy atom. The van der Waals surface area contributed by atoms with Crippen molar-refractivity contribution in [3.05, 3.63) is 31.7 Å². The van der Waals surface area contributed by atoms with Crippen LogP contribution < -0.4 is 11.1 Å². The zero-order valence-corrected chi connectivity index (χ0v) is 13.5. The maximum absolute atomic E-state index is 11.8. The molecule has 1 fully saturated rings. The molecule has 0 aromatic heterocycles. The number of nitrogens with zero attached hydrogens (tertiary/aromatic N) is 1. The van der Waals surface area contributed by atoms with Gasteiger partial charge >= 0.3 is 0 Å². The fourth-order valence-electron chi connectivity index (χ4n) is 2.26. The number of hydrogen-bond donors (Lipinski definition) is 2. The van der Waals surface area contributed by atoms with Crippen molar-refractivity contribution in [3.63, 3.8) is 0 Å². The lowest BCUT2D eigenvalue weighted by Crippen LogP contribution is -2.48. The van der Waals surface area contributed by atoms with Crippen molar-refractivity contribution in [3.8, 4) is 0 Å². The predicted molar refractivity (Wildman–Crippen MR) is 82.9 cm³/mol. The Bertz CT molecular complexity index is 532. The zero-order chi connectivity index (χ0) is 14.9. The normalized spacial score (nSPS) is 18.0. The minimum absolute atomic E-state index is 0.136. The number of nitrogens with two attached hydrogens (primary N) is 1. The Kier molecular flexibility index (Phi) is 5.40. The van der Waals surface area contributed by atoms with Crippen LogP contribution in [0.1, 0.15) is 11.6 Å². The van der Waals surface area contributed by atoms with Gasteiger partial charge in [0.2, 0.25) is 5.91 Å². The monoisotopic (exact) mass is 355 g/mol. The van der Waals surface area contributed by atoms with Crippen molar-refractivity contribution in [2.24, 2.45) is 5.73 Å². The molecule has 2 rings (SSSR count). The van der Waals surface area contributed by atoms with Crippen LogP contribution in [0.4, 0.5) is 0 Å². The molecule has 0 bridgehead atoms. The molecular weight excluding hydrogens is 344 g/mol. The van der Waals surface area contributed by atoms with Crippen LogP contribution in [-0.4, -0.2) is 37.0 Å². The minimum atomic E-state index is -0.670. The molecule has 1 aliphatic heterocycles. The molecule has 1 unspecified atom stereocenters. The first-order chi connectivity index (χ1) is 9.43. The van der Waals surface area contributed by atoms with E-state index in [1.165, 1.54) is 0 Å². The first-order valence-electron chi connectivity index (χ1n) is 6.00. The summed E-state index contributed by atoms with van der Waals surface area (Å²) < 4.78 is 0. The van der Waals surface area contributed by atoms with Crippen molar-refractivity contribution in [2.75, 3.05) is 26.2 Å². The summed E-state index contributed by atoms with van der Waals surface area (Å²) in [5.74, 6) is -0.497. The van der Waals surface area contributed by atoms with Gasteiger partial charge in [-0.25, -0.2) is 0 Å². The van der Waals surface area contributed by atoms with E-state index in [4.69, 9.17) is 52.1 Å². The Balaban J connectivity index is 2.47. The average molecular weight is 357 g/mol. The molecule has 8 heteroatoms. The molecule has 1 atom stereocenters. The first-order valence-corrected chi connectivity index (χ1v) is 7.51. The first kappa shape index (κ1) is 16.1. The Morgan fingerprint density at radius 3 is 2.30 bits per heavy atom. The second kappa shape index (κ2) is 6.69. The van der Waals surface area contributed by atoms with E-state index in [2.05, 4.69) is 5.32 Å². The molecule has 4 nitrogen and oxygen atoms in total. The number of rotatable bonds is 3. The van der Waals surface area contributed by atoms with Crippen LogP contribution in [0, 0.1) is 0 Å². The van der Waals surface area contributed by atoms with E-state index in [-0.39, 0.29) is 20.1 Å². The third-order valence-electron chi connectivity index (χ3n) is 3.21. The maximum atomic E-state index is 11.8.